The van der Waals surface area contributed by atoms with E-state index in [1.165, 1.54) is 6.92 Å². The molecule has 106 valence electrons. The number of aliphatic hydroxyl groups excluding tert-OH is 1. The quantitative estimate of drug-likeness (QED) is 0.393. The SMILES string of the molecule is C=C(C)C(=O)OCC(O)CP(=O)(OCC)OCC. The Balaban J connectivity index is 4.26. The summed E-state index contributed by atoms with van der Waals surface area (Å²) in [7, 11) is -3.32. The molecule has 1 atom stereocenters. The lowest BCUT2D eigenvalue weighted by Gasteiger charge is -2.19. The van der Waals surface area contributed by atoms with Gasteiger partial charge in [0.1, 0.15) is 6.61 Å². The smallest absolute Gasteiger partial charge is 0.333 e. The summed E-state index contributed by atoms with van der Waals surface area (Å²) >= 11 is 0. The maximum Gasteiger partial charge on any atom is 0.333 e. The van der Waals surface area contributed by atoms with Gasteiger partial charge in [0, 0.05) is 5.57 Å². The van der Waals surface area contributed by atoms with E-state index in [1.54, 1.807) is 13.8 Å². The average Bonchev–Trinajstić information content (AvgIpc) is 2.25. The van der Waals surface area contributed by atoms with Gasteiger partial charge in [0.25, 0.3) is 0 Å². The highest BCUT2D eigenvalue weighted by Gasteiger charge is 2.28. The topological polar surface area (TPSA) is 82.1 Å². The number of hydrogen-bond donors (Lipinski definition) is 1. The summed E-state index contributed by atoms with van der Waals surface area (Å²) in [5, 5.41) is 9.63. The molecule has 0 aromatic heterocycles. The molecule has 0 aliphatic carbocycles. The molecule has 0 amide bonds. The van der Waals surface area contributed by atoms with E-state index in [0.717, 1.165) is 0 Å². The third-order valence-corrected chi connectivity index (χ3v) is 4.01. The van der Waals surface area contributed by atoms with Gasteiger partial charge in [-0.05, 0) is 20.8 Å². The van der Waals surface area contributed by atoms with Gasteiger partial charge in [-0.25, -0.2) is 4.79 Å². The van der Waals surface area contributed by atoms with Crippen molar-refractivity contribution in [2.24, 2.45) is 0 Å². The third kappa shape index (κ3) is 6.91. The van der Waals surface area contributed by atoms with Crippen LogP contribution < -0.4 is 0 Å². The first-order valence-electron chi connectivity index (χ1n) is 5.73. The first-order valence-corrected chi connectivity index (χ1v) is 7.46. The van der Waals surface area contributed by atoms with Crippen LogP contribution >= 0.6 is 7.60 Å². The zero-order chi connectivity index (χ0) is 14.2. The van der Waals surface area contributed by atoms with E-state index in [9.17, 15) is 14.5 Å². The van der Waals surface area contributed by atoms with Crippen molar-refractivity contribution in [1.29, 1.82) is 0 Å². The Labute approximate surface area is 107 Å². The fourth-order valence-electron chi connectivity index (χ4n) is 1.14. The van der Waals surface area contributed by atoms with Gasteiger partial charge in [-0.1, -0.05) is 6.58 Å². The fourth-order valence-corrected chi connectivity index (χ4v) is 2.84. The molecule has 0 aromatic rings. The summed E-state index contributed by atoms with van der Waals surface area (Å²) < 4.78 is 26.8. The molecule has 1 unspecified atom stereocenters. The van der Waals surface area contributed by atoms with Crippen molar-refractivity contribution in [3.63, 3.8) is 0 Å². The van der Waals surface area contributed by atoms with Crippen molar-refractivity contribution in [2.45, 2.75) is 26.9 Å². The highest BCUT2D eigenvalue weighted by atomic mass is 31.2. The van der Waals surface area contributed by atoms with Gasteiger partial charge in [-0.15, -0.1) is 0 Å². The minimum atomic E-state index is -3.32. The van der Waals surface area contributed by atoms with Crippen LogP contribution in [0.1, 0.15) is 20.8 Å². The first-order chi connectivity index (χ1) is 8.34. The van der Waals surface area contributed by atoms with Crippen molar-refractivity contribution >= 4 is 13.6 Å². The zero-order valence-electron chi connectivity index (χ0n) is 11.0. The van der Waals surface area contributed by atoms with E-state index >= 15 is 0 Å². The first kappa shape index (κ1) is 17.3. The Kier molecular flexibility index (Phi) is 8.11. The van der Waals surface area contributed by atoms with Crippen molar-refractivity contribution < 1.29 is 28.3 Å². The van der Waals surface area contributed by atoms with E-state index in [1.807, 2.05) is 0 Å². The van der Waals surface area contributed by atoms with Crippen LogP contribution in [0.5, 0.6) is 0 Å². The minimum absolute atomic E-state index is 0.210. The summed E-state index contributed by atoms with van der Waals surface area (Å²) in [6, 6.07) is 0. The van der Waals surface area contributed by atoms with Crippen molar-refractivity contribution in [3.8, 4) is 0 Å². The molecule has 0 saturated carbocycles. The van der Waals surface area contributed by atoms with Gasteiger partial charge in [-0.2, -0.15) is 0 Å². The van der Waals surface area contributed by atoms with Crippen molar-refractivity contribution in [3.05, 3.63) is 12.2 Å². The Morgan fingerprint density at radius 2 is 1.83 bits per heavy atom. The molecule has 0 fully saturated rings. The second kappa shape index (κ2) is 8.43. The molecular formula is C11H21O6P. The monoisotopic (exact) mass is 280 g/mol. The Bertz CT molecular complexity index is 317. The standard InChI is InChI=1S/C11H21O6P/c1-5-16-18(14,17-6-2)8-10(12)7-15-11(13)9(3)4/h10,12H,3,5-8H2,1-2,4H3. The molecule has 18 heavy (non-hydrogen) atoms. The molecule has 0 aliphatic rings. The van der Waals surface area contributed by atoms with Crippen LogP contribution in [0.3, 0.4) is 0 Å². The Hall–Kier alpha value is -0.680. The molecule has 0 spiro atoms. The summed E-state index contributed by atoms with van der Waals surface area (Å²) in [4.78, 5) is 11.1. The highest BCUT2D eigenvalue weighted by Crippen LogP contribution is 2.48. The summed E-state index contributed by atoms with van der Waals surface area (Å²) in [5.74, 6) is -0.600. The lowest BCUT2D eigenvalue weighted by atomic mass is 10.3. The minimum Gasteiger partial charge on any atom is -0.460 e. The molecule has 0 radical (unpaired) electrons. The van der Waals surface area contributed by atoms with Crippen LogP contribution in [0.25, 0.3) is 0 Å². The number of carbonyl (C=O) groups is 1. The summed E-state index contributed by atoms with van der Waals surface area (Å²) in [5.41, 5.74) is 0.236. The van der Waals surface area contributed by atoms with E-state index < -0.39 is 19.7 Å². The van der Waals surface area contributed by atoms with Crippen molar-refractivity contribution in [2.75, 3.05) is 26.0 Å². The number of aliphatic hydroxyl groups is 1. The second-order valence-corrected chi connectivity index (χ2v) is 5.77. The Morgan fingerprint density at radius 3 is 2.22 bits per heavy atom. The zero-order valence-corrected chi connectivity index (χ0v) is 11.9. The highest BCUT2D eigenvalue weighted by molar-refractivity contribution is 7.53. The molecule has 0 aliphatic heterocycles. The van der Waals surface area contributed by atoms with E-state index in [0.29, 0.717) is 0 Å². The van der Waals surface area contributed by atoms with E-state index in [-0.39, 0.29) is 31.6 Å². The van der Waals surface area contributed by atoms with Crippen LogP contribution in [0.2, 0.25) is 0 Å². The van der Waals surface area contributed by atoms with Gasteiger partial charge in [-0.3, -0.25) is 4.57 Å². The summed E-state index contributed by atoms with van der Waals surface area (Å²) in [6.45, 7) is 8.43. The van der Waals surface area contributed by atoms with E-state index in [4.69, 9.17) is 13.8 Å². The average molecular weight is 280 g/mol. The molecule has 0 rings (SSSR count). The van der Waals surface area contributed by atoms with Crippen molar-refractivity contribution in [1.82, 2.24) is 0 Å². The fraction of sp³-hybridized carbons (Fsp3) is 0.727. The Morgan fingerprint density at radius 1 is 1.33 bits per heavy atom. The maximum absolute atomic E-state index is 12.0. The van der Waals surface area contributed by atoms with Crippen LogP contribution in [-0.4, -0.2) is 43.2 Å². The number of carbonyl (C=O) groups excluding carboxylic acids is 1. The van der Waals surface area contributed by atoms with Crippen LogP contribution in [0.4, 0.5) is 0 Å². The van der Waals surface area contributed by atoms with Crippen LogP contribution in [0, 0.1) is 0 Å². The predicted molar refractivity (Wildman–Crippen MR) is 67.5 cm³/mol. The second-order valence-electron chi connectivity index (χ2n) is 3.66. The predicted octanol–water partition coefficient (Wildman–Crippen LogP) is 1.73. The number of esters is 1. The number of ether oxygens (including phenoxy) is 1. The van der Waals surface area contributed by atoms with Gasteiger partial charge >= 0.3 is 13.6 Å². The van der Waals surface area contributed by atoms with Gasteiger partial charge in [0.2, 0.25) is 0 Å². The lowest BCUT2D eigenvalue weighted by molar-refractivity contribution is -0.141. The molecule has 6 nitrogen and oxygen atoms in total. The molecule has 0 bridgehead atoms. The molecular weight excluding hydrogens is 259 g/mol. The molecule has 0 saturated heterocycles. The van der Waals surface area contributed by atoms with Crippen LogP contribution in [0.15, 0.2) is 12.2 Å². The number of rotatable bonds is 9. The molecule has 0 heterocycles. The largest absolute Gasteiger partial charge is 0.460 e. The van der Waals surface area contributed by atoms with E-state index in [2.05, 4.69) is 6.58 Å². The summed E-state index contributed by atoms with van der Waals surface area (Å²) in [6.07, 6.45) is -1.31. The lowest BCUT2D eigenvalue weighted by Crippen LogP contribution is -2.23. The van der Waals surface area contributed by atoms with Gasteiger partial charge < -0.3 is 18.9 Å². The normalized spacial score (nSPS) is 13.1. The molecule has 0 aromatic carbocycles. The maximum atomic E-state index is 12.0. The molecule has 7 heteroatoms. The molecule has 1 N–H and O–H groups in total. The van der Waals surface area contributed by atoms with Gasteiger partial charge in [0.05, 0.1) is 25.5 Å². The third-order valence-electron chi connectivity index (χ3n) is 1.84. The van der Waals surface area contributed by atoms with Crippen LogP contribution in [-0.2, 0) is 23.1 Å². The number of hydrogen-bond acceptors (Lipinski definition) is 6. The van der Waals surface area contributed by atoms with Gasteiger partial charge in [0.15, 0.2) is 0 Å².